The number of benzene rings is 2. The molecule has 1 unspecified atom stereocenters. The van der Waals surface area contributed by atoms with E-state index in [9.17, 15) is 13.2 Å². The van der Waals surface area contributed by atoms with E-state index in [0.717, 1.165) is 10.6 Å². The van der Waals surface area contributed by atoms with Crippen LogP contribution in [0.15, 0.2) is 48.5 Å². The van der Waals surface area contributed by atoms with Gasteiger partial charge in [0.2, 0.25) is 15.9 Å². The maximum atomic E-state index is 12.8. The first kappa shape index (κ1) is 20.1. The normalized spacial score (nSPS) is 12.3. The minimum Gasteiger partial charge on any atom is -0.497 e. The summed E-state index contributed by atoms with van der Waals surface area (Å²) in [6.07, 6.45) is 1.35. The standard InChI is InChI=1S/C18H21ClN2O4S/c1-4-17(18(22)20-16-11-6-5-10-15(16)19)21(26(3,23)24)13-8-7-9-14(12-13)25-2/h5-12,17H,4H2,1-3H3,(H,20,22). The Morgan fingerprint density at radius 1 is 1.23 bits per heavy atom. The van der Waals surface area contributed by atoms with E-state index in [1.54, 1.807) is 55.5 Å². The number of para-hydroxylation sites is 1. The quantitative estimate of drug-likeness (QED) is 0.776. The smallest absolute Gasteiger partial charge is 0.248 e. The molecule has 1 N–H and O–H groups in total. The molecule has 2 aromatic rings. The third kappa shape index (κ3) is 4.68. The summed E-state index contributed by atoms with van der Waals surface area (Å²) in [6.45, 7) is 1.75. The summed E-state index contributed by atoms with van der Waals surface area (Å²) < 4.78 is 31.1. The molecule has 8 heteroatoms. The Kier molecular flexibility index (Phi) is 6.50. The van der Waals surface area contributed by atoms with Crippen LogP contribution in [0.5, 0.6) is 5.75 Å². The second-order valence-electron chi connectivity index (χ2n) is 5.65. The SMILES string of the molecule is CCC(C(=O)Nc1ccccc1Cl)N(c1cccc(OC)c1)S(C)(=O)=O. The summed E-state index contributed by atoms with van der Waals surface area (Å²) in [5.41, 5.74) is 0.782. The highest BCUT2D eigenvalue weighted by atomic mass is 35.5. The molecule has 0 saturated carbocycles. The number of halogens is 1. The molecule has 0 aliphatic rings. The number of nitrogens with one attached hydrogen (secondary N) is 1. The number of carbonyl (C=O) groups excluding carboxylic acids is 1. The second kappa shape index (κ2) is 8.42. The maximum absolute atomic E-state index is 12.8. The number of hydrogen-bond donors (Lipinski definition) is 1. The van der Waals surface area contributed by atoms with Crippen molar-refractivity contribution in [1.29, 1.82) is 0 Å². The van der Waals surface area contributed by atoms with Crippen molar-refractivity contribution in [2.75, 3.05) is 23.0 Å². The highest BCUT2D eigenvalue weighted by Gasteiger charge is 2.32. The molecule has 0 spiro atoms. The van der Waals surface area contributed by atoms with Gasteiger partial charge < -0.3 is 10.1 Å². The predicted octanol–water partition coefficient (Wildman–Crippen LogP) is 3.53. The molecule has 0 heterocycles. The number of hydrogen-bond acceptors (Lipinski definition) is 4. The largest absolute Gasteiger partial charge is 0.497 e. The van der Waals surface area contributed by atoms with Gasteiger partial charge in [-0.05, 0) is 30.7 Å². The fourth-order valence-electron chi connectivity index (χ4n) is 2.59. The number of sulfonamides is 1. The molecule has 0 fully saturated rings. The number of ether oxygens (including phenoxy) is 1. The molecule has 2 aromatic carbocycles. The van der Waals surface area contributed by atoms with Crippen LogP contribution in [0.3, 0.4) is 0 Å². The molecule has 0 radical (unpaired) electrons. The topological polar surface area (TPSA) is 75.7 Å². The van der Waals surface area contributed by atoms with Gasteiger partial charge in [0.25, 0.3) is 0 Å². The molecular weight excluding hydrogens is 376 g/mol. The summed E-state index contributed by atoms with van der Waals surface area (Å²) in [6, 6.07) is 12.4. The van der Waals surface area contributed by atoms with Gasteiger partial charge in [-0.1, -0.05) is 36.7 Å². The zero-order chi connectivity index (χ0) is 19.3. The van der Waals surface area contributed by atoms with Gasteiger partial charge >= 0.3 is 0 Å². The molecule has 0 saturated heterocycles. The van der Waals surface area contributed by atoms with Gasteiger partial charge in [0.1, 0.15) is 11.8 Å². The Labute approximate surface area is 158 Å². The van der Waals surface area contributed by atoms with E-state index >= 15 is 0 Å². The van der Waals surface area contributed by atoms with Crippen LogP contribution in [0.4, 0.5) is 11.4 Å². The minimum absolute atomic E-state index is 0.278. The van der Waals surface area contributed by atoms with Crippen LogP contribution in [0.2, 0.25) is 5.02 Å². The van der Waals surface area contributed by atoms with Crippen molar-refractivity contribution in [1.82, 2.24) is 0 Å². The van der Waals surface area contributed by atoms with Gasteiger partial charge in [0, 0.05) is 6.07 Å². The van der Waals surface area contributed by atoms with E-state index in [1.807, 2.05) is 0 Å². The van der Waals surface area contributed by atoms with E-state index in [2.05, 4.69) is 5.32 Å². The van der Waals surface area contributed by atoms with Crippen LogP contribution in [0.1, 0.15) is 13.3 Å². The van der Waals surface area contributed by atoms with Crippen molar-refractivity contribution in [3.05, 3.63) is 53.6 Å². The van der Waals surface area contributed by atoms with Crippen LogP contribution in [0.25, 0.3) is 0 Å². The first-order valence-corrected chi connectivity index (χ1v) is 10.2. The summed E-state index contributed by atoms with van der Waals surface area (Å²) in [5, 5.41) is 3.08. The molecule has 0 aromatic heterocycles. The molecule has 0 aliphatic heterocycles. The van der Waals surface area contributed by atoms with E-state index in [0.29, 0.717) is 22.1 Å². The first-order valence-electron chi connectivity index (χ1n) is 7.96. The van der Waals surface area contributed by atoms with Crippen LogP contribution >= 0.6 is 11.6 Å². The molecule has 6 nitrogen and oxygen atoms in total. The molecule has 26 heavy (non-hydrogen) atoms. The van der Waals surface area contributed by atoms with Gasteiger partial charge in [0.05, 0.1) is 29.8 Å². The Morgan fingerprint density at radius 3 is 2.50 bits per heavy atom. The molecule has 1 atom stereocenters. The average molecular weight is 397 g/mol. The molecule has 140 valence electrons. The number of amides is 1. The monoisotopic (exact) mass is 396 g/mol. The first-order chi connectivity index (χ1) is 12.3. The van der Waals surface area contributed by atoms with E-state index in [-0.39, 0.29) is 6.42 Å². The van der Waals surface area contributed by atoms with Gasteiger partial charge in [0.15, 0.2) is 0 Å². The maximum Gasteiger partial charge on any atom is 0.248 e. The highest BCUT2D eigenvalue weighted by Crippen LogP contribution is 2.28. The van der Waals surface area contributed by atoms with Gasteiger partial charge in [-0.2, -0.15) is 0 Å². The zero-order valence-corrected chi connectivity index (χ0v) is 16.3. The fraction of sp³-hybridized carbons (Fsp3) is 0.278. The Balaban J connectivity index is 2.41. The second-order valence-corrected chi connectivity index (χ2v) is 7.92. The van der Waals surface area contributed by atoms with Crippen molar-refractivity contribution in [3.63, 3.8) is 0 Å². The summed E-state index contributed by atoms with van der Waals surface area (Å²) in [7, 11) is -2.23. The number of nitrogens with zero attached hydrogens (tertiary/aromatic N) is 1. The third-order valence-corrected chi connectivity index (χ3v) is 5.28. The fourth-order valence-corrected chi connectivity index (χ4v) is 3.97. The van der Waals surface area contributed by atoms with E-state index in [4.69, 9.17) is 16.3 Å². The molecule has 0 aliphatic carbocycles. The lowest BCUT2D eigenvalue weighted by molar-refractivity contribution is -0.117. The van der Waals surface area contributed by atoms with Crippen LogP contribution in [-0.2, 0) is 14.8 Å². The average Bonchev–Trinajstić information content (AvgIpc) is 2.60. The summed E-state index contributed by atoms with van der Waals surface area (Å²) >= 11 is 6.08. The number of methoxy groups -OCH3 is 1. The Bertz CT molecular complexity index is 886. The number of rotatable bonds is 7. The predicted molar refractivity (Wildman–Crippen MR) is 104 cm³/mol. The van der Waals surface area contributed by atoms with Gasteiger partial charge in [-0.15, -0.1) is 0 Å². The lowest BCUT2D eigenvalue weighted by atomic mass is 10.1. The zero-order valence-electron chi connectivity index (χ0n) is 14.8. The van der Waals surface area contributed by atoms with Crippen molar-refractivity contribution >= 4 is 38.9 Å². The van der Waals surface area contributed by atoms with Crippen molar-refractivity contribution < 1.29 is 17.9 Å². The summed E-state index contributed by atoms with van der Waals surface area (Å²) in [5.74, 6) is 0.0337. The van der Waals surface area contributed by atoms with Crippen molar-refractivity contribution in [2.45, 2.75) is 19.4 Å². The third-order valence-electron chi connectivity index (χ3n) is 3.77. The van der Waals surface area contributed by atoms with Crippen LogP contribution in [0, 0.1) is 0 Å². The lowest BCUT2D eigenvalue weighted by Crippen LogP contribution is -2.47. The van der Waals surface area contributed by atoms with Crippen LogP contribution in [-0.4, -0.2) is 33.7 Å². The van der Waals surface area contributed by atoms with Crippen LogP contribution < -0.4 is 14.4 Å². The van der Waals surface area contributed by atoms with E-state index < -0.39 is 22.0 Å². The van der Waals surface area contributed by atoms with Gasteiger partial charge in [-0.3, -0.25) is 9.10 Å². The molecule has 0 bridgehead atoms. The highest BCUT2D eigenvalue weighted by molar-refractivity contribution is 7.92. The lowest BCUT2D eigenvalue weighted by Gasteiger charge is -2.30. The van der Waals surface area contributed by atoms with Gasteiger partial charge in [-0.25, -0.2) is 8.42 Å². The van der Waals surface area contributed by atoms with E-state index in [1.165, 1.54) is 7.11 Å². The number of carbonyl (C=O) groups is 1. The molecular formula is C18H21ClN2O4S. The summed E-state index contributed by atoms with van der Waals surface area (Å²) in [4.78, 5) is 12.8. The number of anilines is 2. The molecule has 1 amide bonds. The Hall–Kier alpha value is -2.25. The van der Waals surface area contributed by atoms with Crippen molar-refractivity contribution in [3.8, 4) is 5.75 Å². The Morgan fingerprint density at radius 2 is 1.92 bits per heavy atom. The minimum atomic E-state index is -3.72. The van der Waals surface area contributed by atoms with Crippen molar-refractivity contribution in [2.24, 2.45) is 0 Å². The molecule has 2 rings (SSSR count).